The zero-order valence-electron chi connectivity index (χ0n) is 10.7. The first-order valence-electron chi connectivity index (χ1n) is 6.65. The number of halogens is 3. The molecule has 2 fully saturated rings. The van der Waals surface area contributed by atoms with Gasteiger partial charge in [-0.2, -0.15) is 13.2 Å². The number of rotatable bonds is 7. The Morgan fingerprint density at radius 2 is 2.00 bits per heavy atom. The number of alkyl halides is 3. The first kappa shape index (κ1) is 14.4. The maximum atomic E-state index is 12.9. The fourth-order valence-corrected chi connectivity index (χ4v) is 2.08. The lowest BCUT2D eigenvalue weighted by atomic mass is 10.1. The third kappa shape index (κ3) is 4.23. The second-order valence-electron chi connectivity index (χ2n) is 5.31. The summed E-state index contributed by atoms with van der Waals surface area (Å²) >= 11 is 0. The Labute approximate surface area is 110 Å². The third-order valence-electron chi connectivity index (χ3n) is 3.42. The summed E-state index contributed by atoms with van der Waals surface area (Å²) in [5.74, 6) is -0.433. The molecule has 19 heavy (non-hydrogen) atoms. The van der Waals surface area contributed by atoms with Crippen LogP contribution in [0.2, 0.25) is 0 Å². The highest BCUT2D eigenvalue weighted by Gasteiger charge is 2.45. The van der Waals surface area contributed by atoms with Gasteiger partial charge in [0.05, 0.1) is 6.42 Å². The average Bonchev–Trinajstić information content (AvgIpc) is 3.15. The van der Waals surface area contributed by atoms with Gasteiger partial charge in [0.25, 0.3) is 0 Å². The lowest BCUT2D eigenvalue weighted by Gasteiger charge is -2.26. The predicted molar refractivity (Wildman–Crippen MR) is 65.5 cm³/mol. The second kappa shape index (κ2) is 5.53. The average molecular weight is 276 g/mol. The van der Waals surface area contributed by atoms with Gasteiger partial charge in [-0.25, -0.2) is 0 Å². The molecular formula is C13H19F3N2O. The molecule has 2 aliphatic carbocycles. The number of nitrogens with one attached hydrogen (secondary N) is 1. The van der Waals surface area contributed by atoms with Crippen LogP contribution in [0.15, 0.2) is 12.7 Å². The van der Waals surface area contributed by atoms with Crippen LogP contribution >= 0.6 is 0 Å². The van der Waals surface area contributed by atoms with Gasteiger partial charge in [-0.3, -0.25) is 4.79 Å². The minimum absolute atomic E-state index is 0.0757. The molecular weight excluding hydrogens is 257 g/mol. The van der Waals surface area contributed by atoms with Gasteiger partial charge in [-0.05, 0) is 25.7 Å². The summed E-state index contributed by atoms with van der Waals surface area (Å²) < 4.78 is 38.6. The molecule has 3 nitrogen and oxygen atoms in total. The van der Waals surface area contributed by atoms with Crippen LogP contribution in [0.4, 0.5) is 13.2 Å². The molecule has 0 aromatic rings. The van der Waals surface area contributed by atoms with Gasteiger partial charge in [0.1, 0.15) is 6.04 Å². The Morgan fingerprint density at radius 3 is 2.42 bits per heavy atom. The Bertz CT molecular complexity index is 348. The topological polar surface area (TPSA) is 32.3 Å². The highest BCUT2D eigenvalue weighted by Crippen LogP contribution is 2.31. The van der Waals surface area contributed by atoms with E-state index in [1.54, 1.807) is 6.08 Å². The fourth-order valence-electron chi connectivity index (χ4n) is 2.08. The first-order chi connectivity index (χ1) is 8.91. The van der Waals surface area contributed by atoms with E-state index in [1.807, 2.05) is 0 Å². The van der Waals surface area contributed by atoms with Crippen molar-refractivity contribution in [2.75, 3.05) is 6.54 Å². The number of amides is 1. The van der Waals surface area contributed by atoms with Crippen LogP contribution in [0.1, 0.15) is 32.1 Å². The molecule has 0 heterocycles. The van der Waals surface area contributed by atoms with Crippen molar-refractivity contribution in [1.29, 1.82) is 0 Å². The SMILES string of the molecule is C=CCN(C(=O)CC(NC1CC1)C(F)(F)F)C1CC1. The summed E-state index contributed by atoms with van der Waals surface area (Å²) in [6.07, 6.45) is -0.0305. The molecule has 6 heteroatoms. The Morgan fingerprint density at radius 1 is 1.37 bits per heavy atom. The van der Waals surface area contributed by atoms with Crippen molar-refractivity contribution < 1.29 is 18.0 Å². The van der Waals surface area contributed by atoms with Crippen LogP contribution < -0.4 is 5.32 Å². The van der Waals surface area contributed by atoms with Gasteiger partial charge in [-0.1, -0.05) is 6.08 Å². The minimum atomic E-state index is -4.37. The molecule has 0 aromatic carbocycles. The van der Waals surface area contributed by atoms with E-state index >= 15 is 0 Å². The van der Waals surface area contributed by atoms with Gasteiger partial charge < -0.3 is 10.2 Å². The monoisotopic (exact) mass is 276 g/mol. The molecule has 0 spiro atoms. The Hall–Kier alpha value is -1.04. The molecule has 0 aliphatic heterocycles. The van der Waals surface area contributed by atoms with E-state index in [4.69, 9.17) is 0 Å². The molecule has 0 radical (unpaired) electrons. The van der Waals surface area contributed by atoms with Crippen LogP contribution in [0.5, 0.6) is 0 Å². The molecule has 2 saturated carbocycles. The predicted octanol–water partition coefficient (Wildman–Crippen LogP) is 2.24. The standard InChI is InChI=1S/C13H19F3N2O/c1-2-7-18(10-5-6-10)12(19)8-11(13(14,15)16)17-9-3-4-9/h2,9-11,17H,1,3-8H2. The molecule has 1 atom stereocenters. The fraction of sp³-hybridized carbons (Fsp3) is 0.769. The number of hydrogen-bond donors (Lipinski definition) is 1. The van der Waals surface area contributed by atoms with Gasteiger partial charge in [-0.15, -0.1) is 6.58 Å². The third-order valence-corrected chi connectivity index (χ3v) is 3.42. The van der Waals surface area contributed by atoms with Crippen LogP contribution in [-0.4, -0.2) is 41.7 Å². The van der Waals surface area contributed by atoms with E-state index in [1.165, 1.54) is 4.90 Å². The van der Waals surface area contributed by atoms with Crippen molar-refractivity contribution in [3.8, 4) is 0 Å². The molecule has 0 saturated heterocycles. The maximum Gasteiger partial charge on any atom is 0.404 e. The normalized spacial score (nSPS) is 21.0. The Balaban J connectivity index is 1.94. The van der Waals surface area contributed by atoms with Crippen molar-refractivity contribution in [3.63, 3.8) is 0 Å². The first-order valence-corrected chi connectivity index (χ1v) is 6.65. The molecule has 0 aromatic heterocycles. The minimum Gasteiger partial charge on any atom is -0.336 e. The molecule has 1 unspecified atom stereocenters. The second-order valence-corrected chi connectivity index (χ2v) is 5.31. The van der Waals surface area contributed by atoms with E-state index in [0.29, 0.717) is 6.54 Å². The molecule has 2 aliphatic rings. The largest absolute Gasteiger partial charge is 0.404 e. The molecule has 0 bridgehead atoms. The van der Waals surface area contributed by atoms with E-state index in [0.717, 1.165) is 25.7 Å². The van der Waals surface area contributed by atoms with E-state index < -0.39 is 24.5 Å². The lowest BCUT2D eigenvalue weighted by Crippen LogP contribution is -2.47. The zero-order chi connectivity index (χ0) is 14.0. The summed E-state index contributed by atoms with van der Waals surface area (Å²) in [5.41, 5.74) is 0. The number of nitrogens with zero attached hydrogens (tertiary/aromatic N) is 1. The van der Waals surface area contributed by atoms with Crippen LogP contribution in [-0.2, 0) is 4.79 Å². The number of carbonyl (C=O) groups excluding carboxylic acids is 1. The van der Waals surface area contributed by atoms with E-state index in [9.17, 15) is 18.0 Å². The number of carbonyl (C=O) groups is 1. The van der Waals surface area contributed by atoms with Gasteiger partial charge >= 0.3 is 6.18 Å². The molecule has 108 valence electrons. The smallest absolute Gasteiger partial charge is 0.336 e. The highest BCUT2D eigenvalue weighted by molar-refractivity contribution is 5.77. The maximum absolute atomic E-state index is 12.9. The van der Waals surface area contributed by atoms with Crippen molar-refractivity contribution >= 4 is 5.91 Å². The molecule has 2 rings (SSSR count). The number of hydrogen-bond acceptors (Lipinski definition) is 2. The quantitative estimate of drug-likeness (QED) is 0.723. The van der Waals surface area contributed by atoms with Crippen molar-refractivity contribution in [3.05, 3.63) is 12.7 Å². The van der Waals surface area contributed by atoms with Crippen molar-refractivity contribution in [2.45, 2.75) is 56.4 Å². The van der Waals surface area contributed by atoms with Crippen molar-refractivity contribution in [1.82, 2.24) is 10.2 Å². The van der Waals surface area contributed by atoms with E-state index in [-0.39, 0.29) is 12.1 Å². The van der Waals surface area contributed by atoms with Gasteiger partial charge in [0.2, 0.25) is 5.91 Å². The molecule has 1 amide bonds. The van der Waals surface area contributed by atoms with Crippen LogP contribution in [0.25, 0.3) is 0 Å². The van der Waals surface area contributed by atoms with Crippen LogP contribution in [0.3, 0.4) is 0 Å². The van der Waals surface area contributed by atoms with Crippen LogP contribution in [0, 0.1) is 0 Å². The summed E-state index contributed by atoms with van der Waals surface area (Å²) in [6.45, 7) is 3.88. The summed E-state index contributed by atoms with van der Waals surface area (Å²) in [4.78, 5) is 13.5. The van der Waals surface area contributed by atoms with Gasteiger partial charge in [0.15, 0.2) is 0 Å². The summed E-state index contributed by atoms with van der Waals surface area (Å²) in [5, 5.41) is 2.52. The molecule has 1 N–H and O–H groups in total. The lowest BCUT2D eigenvalue weighted by molar-refractivity contribution is -0.165. The van der Waals surface area contributed by atoms with Crippen molar-refractivity contribution in [2.24, 2.45) is 0 Å². The zero-order valence-corrected chi connectivity index (χ0v) is 10.7. The van der Waals surface area contributed by atoms with E-state index in [2.05, 4.69) is 11.9 Å². The highest BCUT2D eigenvalue weighted by atomic mass is 19.4. The Kier molecular flexibility index (Phi) is 4.18. The van der Waals surface area contributed by atoms with Gasteiger partial charge in [0, 0.05) is 18.6 Å². The summed E-state index contributed by atoms with van der Waals surface area (Å²) in [6, 6.07) is -1.69. The summed E-state index contributed by atoms with van der Waals surface area (Å²) in [7, 11) is 0.